The average Bonchev–Trinajstić information content (AvgIpc) is 2.72. The van der Waals surface area contributed by atoms with Crippen molar-refractivity contribution in [1.82, 2.24) is 15.2 Å². The number of carboxylic acid groups (broad SMARTS) is 1. The van der Waals surface area contributed by atoms with Gasteiger partial charge in [0.2, 0.25) is 0 Å². The van der Waals surface area contributed by atoms with E-state index in [0.717, 1.165) is 18.8 Å². The van der Waals surface area contributed by atoms with Crippen LogP contribution in [0.1, 0.15) is 16.1 Å². The first-order valence-electron chi connectivity index (χ1n) is 8.68. The summed E-state index contributed by atoms with van der Waals surface area (Å²) in [5.41, 5.74) is 1.45. The van der Waals surface area contributed by atoms with Crippen molar-refractivity contribution in [2.45, 2.75) is 6.54 Å². The summed E-state index contributed by atoms with van der Waals surface area (Å²) < 4.78 is 5.19. The molecule has 0 unspecified atom stereocenters. The maximum Gasteiger partial charge on any atom is 0.337 e. The van der Waals surface area contributed by atoms with Crippen molar-refractivity contribution < 1.29 is 19.4 Å². The molecule has 2 heterocycles. The molecule has 1 aromatic heterocycles. The molecule has 1 aliphatic heterocycles. The fraction of sp³-hybridized carbons (Fsp3) is 0.316. The second-order valence-corrected chi connectivity index (χ2v) is 6.15. The van der Waals surface area contributed by atoms with Crippen LogP contribution in [0.15, 0.2) is 42.6 Å². The molecule has 8 nitrogen and oxygen atoms in total. The smallest absolute Gasteiger partial charge is 0.337 e. The van der Waals surface area contributed by atoms with Crippen LogP contribution in [0.5, 0.6) is 5.75 Å². The van der Waals surface area contributed by atoms with Crippen LogP contribution < -0.4 is 15.0 Å². The van der Waals surface area contributed by atoms with Crippen LogP contribution in [-0.4, -0.2) is 60.3 Å². The molecular weight excluding hydrogens is 384 g/mol. The van der Waals surface area contributed by atoms with Gasteiger partial charge in [-0.15, -0.1) is 12.4 Å². The lowest BCUT2D eigenvalue weighted by atomic mass is 10.2. The van der Waals surface area contributed by atoms with Crippen LogP contribution in [0, 0.1) is 0 Å². The van der Waals surface area contributed by atoms with Crippen molar-refractivity contribution in [3.63, 3.8) is 0 Å². The van der Waals surface area contributed by atoms with Gasteiger partial charge in [0.1, 0.15) is 5.75 Å². The number of benzene rings is 1. The molecule has 2 N–H and O–H groups in total. The first-order valence-corrected chi connectivity index (χ1v) is 8.68. The van der Waals surface area contributed by atoms with Crippen LogP contribution >= 0.6 is 12.4 Å². The standard InChI is InChI=1S/C19H22N4O4.ClH/c1-27-17-6-4-16(5-7-17)23(19(26)22-10-8-20-9-11-22)13-15-3-2-14(12-21-15)18(24)25;/h2-7,12,20H,8-11,13H2,1H3,(H,24,25);1H. The number of aromatic nitrogens is 1. The van der Waals surface area contributed by atoms with Gasteiger partial charge in [0.15, 0.2) is 0 Å². The monoisotopic (exact) mass is 406 g/mol. The number of carboxylic acids is 1. The molecule has 0 aliphatic carbocycles. The molecule has 150 valence electrons. The number of halogens is 1. The van der Waals surface area contributed by atoms with E-state index in [2.05, 4.69) is 10.3 Å². The third-order valence-corrected chi connectivity index (χ3v) is 4.39. The Labute approximate surface area is 169 Å². The predicted octanol–water partition coefficient (Wildman–Crippen LogP) is 2.24. The van der Waals surface area contributed by atoms with E-state index >= 15 is 0 Å². The quantitative estimate of drug-likeness (QED) is 0.790. The number of hydrogen-bond acceptors (Lipinski definition) is 5. The van der Waals surface area contributed by atoms with Crippen LogP contribution in [0.3, 0.4) is 0 Å². The molecule has 1 aromatic carbocycles. The fourth-order valence-electron chi connectivity index (χ4n) is 2.86. The molecule has 2 amide bonds. The van der Waals surface area contributed by atoms with E-state index in [1.807, 2.05) is 12.1 Å². The zero-order chi connectivity index (χ0) is 19.2. The van der Waals surface area contributed by atoms with Gasteiger partial charge >= 0.3 is 12.0 Å². The molecule has 3 rings (SSSR count). The number of methoxy groups -OCH3 is 1. The largest absolute Gasteiger partial charge is 0.497 e. The number of urea groups is 1. The average molecular weight is 407 g/mol. The number of nitrogens with one attached hydrogen (secondary N) is 1. The van der Waals surface area contributed by atoms with Gasteiger partial charge in [-0.05, 0) is 36.4 Å². The Balaban J connectivity index is 0.00000280. The molecule has 1 saturated heterocycles. The van der Waals surface area contributed by atoms with Gasteiger partial charge in [-0.2, -0.15) is 0 Å². The maximum absolute atomic E-state index is 13.1. The Morgan fingerprint density at radius 3 is 2.39 bits per heavy atom. The summed E-state index contributed by atoms with van der Waals surface area (Å²) in [6.07, 6.45) is 1.30. The SMILES string of the molecule is COc1ccc(N(Cc2ccc(C(=O)O)cn2)C(=O)N2CCNCC2)cc1.Cl. The minimum atomic E-state index is -1.03. The van der Waals surface area contributed by atoms with Crippen molar-refractivity contribution in [3.05, 3.63) is 53.9 Å². The summed E-state index contributed by atoms with van der Waals surface area (Å²) in [5, 5.41) is 12.2. The highest BCUT2D eigenvalue weighted by atomic mass is 35.5. The van der Waals surface area contributed by atoms with E-state index in [0.29, 0.717) is 24.5 Å². The number of anilines is 1. The molecule has 0 radical (unpaired) electrons. The van der Waals surface area contributed by atoms with E-state index in [9.17, 15) is 9.59 Å². The molecule has 28 heavy (non-hydrogen) atoms. The highest BCUT2D eigenvalue weighted by Gasteiger charge is 2.24. The van der Waals surface area contributed by atoms with Crippen LogP contribution in [-0.2, 0) is 6.54 Å². The molecule has 1 aliphatic rings. The van der Waals surface area contributed by atoms with Crippen molar-refractivity contribution in [1.29, 1.82) is 0 Å². The van der Waals surface area contributed by atoms with Gasteiger partial charge in [-0.3, -0.25) is 9.88 Å². The van der Waals surface area contributed by atoms with E-state index in [-0.39, 0.29) is 30.5 Å². The third-order valence-electron chi connectivity index (χ3n) is 4.39. The number of rotatable bonds is 5. The Morgan fingerprint density at radius 1 is 1.18 bits per heavy atom. The summed E-state index contributed by atoms with van der Waals surface area (Å²) in [6, 6.07) is 10.3. The van der Waals surface area contributed by atoms with Crippen LogP contribution in [0.4, 0.5) is 10.5 Å². The minimum absolute atomic E-state index is 0. The van der Waals surface area contributed by atoms with Gasteiger partial charge in [-0.25, -0.2) is 9.59 Å². The summed E-state index contributed by atoms with van der Waals surface area (Å²) in [6.45, 7) is 3.03. The fourth-order valence-corrected chi connectivity index (χ4v) is 2.86. The van der Waals surface area contributed by atoms with E-state index < -0.39 is 5.97 Å². The van der Waals surface area contributed by atoms with Gasteiger partial charge in [0, 0.05) is 38.1 Å². The van der Waals surface area contributed by atoms with Crippen molar-refractivity contribution >= 4 is 30.1 Å². The molecule has 0 saturated carbocycles. The normalized spacial score (nSPS) is 13.4. The lowest BCUT2D eigenvalue weighted by Crippen LogP contribution is -2.51. The number of hydrogen-bond donors (Lipinski definition) is 2. The van der Waals surface area contributed by atoms with Crippen LogP contribution in [0.25, 0.3) is 0 Å². The Bertz CT molecular complexity index is 793. The highest BCUT2D eigenvalue weighted by Crippen LogP contribution is 2.22. The van der Waals surface area contributed by atoms with Crippen LogP contribution in [0.2, 0.25) is 0 Å². The van der Waals surface area contributed by atoms with Gasteiger partial charge < -0.3 is 20.1 Å². The molecule has 0 bridgehead atoms. The molecule has 0 spiro atoms. The summed E-state index contributed by atoms with van der Waals surface area (Å²) in [7, 11) is 1.59. The number of carbonyl (C=O) groups excluding carboxylic acids is 1. The summed E-state index contributed by atoms with van der Waals surface area (Å²) in [4.78, 5) is 31.7. The number of piperazine rings is 1. The number of pyridine rings is 1. The van der Waals surface area contributed by atoms with E-state index in [4.69, 9.17) is 9.84 Å². The Kier molecular flexibility index (Phi) is 7.60. The summed E-state index contributed by atoms with van der Waals surface area (Å²) in [5.74, 6) is -0.324. The first kappa shape index (κ1) is 21.5. The zero-order valence-corrected chi connectivity index (χ0v) is 16.3. The molecule has 1 fully saturated rings. The second kappa shape index (κ2) is 9.91. The number of ether oxygens (including phenoxy) is 1. The van der Waals surface area contributed by atoms with E-state index in [1.165, 1.54) is 12.3 Å². The molecule has 9 heteroatoms. The Hall–Kier alpha value is -2.84. The third kappa shape index (κ3) is 5.11. The number of amides is 2. The van der Waals surface area contributed by atoms with E-state index in [1.54, 1.807) is 35.1 Å². The van der Waals surface area contributed by atoms with Gasteiger partial charge in [0.05, 0.1) is 24.9 Å². The second-order valence-electron chi connectivity index (χ2n) is 6.15. The number of carbonyl (C=O) groups is 2. The minimum Gasteiger partial charge on any atom is -0.497 e. The van der Waals surface area contributed by atoms with Crippen molar-refractivity contribution in [2.24, 2.45) is 0 Å². The number of aromatic carboxylic acids is 1. The molecule has 2 aromatic rings. The molecule has 0 atom stereocenters. The summed E-state index contributed by atoms with van der Waals surface area (Å²) >= 11 is 0. The predicted molar refractivity (Wildman–Crippen MR) is 107 cm³/mol. The van der Waals surface area contributed by atoms with Crippen molar-refractivity contribution in [3.8, 4) is 5.75 Å². The zero-order valence-electron chi connectivity index (χ0n) is 15.5. The lowest BCUT2D eigenvalue weighted by Gasteiger charge is -2.33. The lowest BCUT2D eigenvalue weighted by molar-refractivity contribution is 0.0696. The topological polar surface area (TPSA) is 95.0 Å². The van der Waals surface area contributed by atoms with Crippen molar-refractivity contribution in [2.75, 3.05) is 38.2 Å². The number of nitrogens with zero attached hydrogens (tertiary/aromatic N) is 3. The van der Waals surface area contributed by atoms with Gasteiger partial charge in [0.25, 0.3) is 0 Å². The highest BCUT2D eigenvalue weighted by molar-refractivity contribution is 5.92. The first-order chi connectivity index (χ1) is 13.1. The maximum atomic E-state index is 13.1. The Morgan fingerprint density at radius 2 is 1.86 bits per heavy atom. The molecular formula is C19H23ClN4O4. The van der Waals surface area contributed by atoms with Gasteiger partial charge in [-0.1, -0.05) is 0 Å².